The van der Waals surface area contributed by atoms with Gasteiger partial charge < -0.3 is 5.11 Å². The van der Waals surface area contributed by atoms with Crippen LogP contribution in [0.25, 0.3) is 0 Å². The first-order valence-corrected chi connectivity index (χ1v) is 12.7. The lowest BCUT2D eigenvalue weighted by molar-refractivity contribution is -0.0458. The lowest BCUT2D eigenvalue weighted by atomic mass is 9.46. The highest BCUT2D eigenvalue weighted by molar-refractivity contribution is 5.34. The molecule has 0 amide bonds. The number of allylic oxidation sites excluding steroid dienone is 1. The molecule has 0 aromatic carbocycles. The van der Waals surface area contributed by atoms with Crippen LogP contribution >= 0.6 is 0 Å². The fraction of sp³-hybridized carbons (Fsp3) is 0.857. The smallest absolute Gasteiger partial charge is 0.0578 e. The number of terminal acetylenes is 1. The van der Waals surface area contributed by atoms with Gasteiger partial charge in [0.2, 0.25) is 0 Å². The summed E-state index contributed by atoms with van der Waals surface area (Å²) in [4.78, 5) is 0. The molecule has 0 radical (unpaired) electrons. The van der Waals surface area contributed by atoms with E-state index in [-0.39, 0.29) is 11.5 Å². The van der Waals surface area contributed by atoms with Crippen molar-refractivity contribution in [1.82, 2.24) is 0 Å². The lowest BCUT2D eigenvalue weighted by Gasteiger charge is -2.57. The van der Waals surface area contributed by atoms with Crippen molar-refractivity contribution in [2.24, 2.45) is 46.3 Å². The highest BCUT2D eigenvalue weighted by atomic mass is 16.3. The van der Waals surface area contributed by atoms with E-state index in [2.05, 4.69) is 39.7 Å². The molecule has 29 heavy (non-hydrogen) atoms. The molecule has 1 N–H and O–H groups in total. The third-order valence-electron chi connectivity index (χ3n) is 10.1. The first-order chi connectivity index (χ1) is 13.8. The Bertz CT molecular complexity index is 668. The standard InChI is InChI=1S/C28H44O/c1-6-28-17-14-22(29)18-21(28)10-11-23-25-13-12-24(20(4)9-7-8-19(2)3)27(25,5)16-15-26(23)28/h1,10,19-20,22-26,29H,7-9,11-18H2,2-5H3/t20-,22+,23+,24-,25+,26+,27-,28+/m1/s1. The Balaban J connectivity index is 1.52. The molecule has 0 aliphatic heterocycles. The maximum absolute atomic E-state index is 10.2. The molecule has 0 unspecified atom stereocenters. The van der Waals surface area contributed by atoms with Gasteiger partial charge in [-0.2, -0.15) is 0 Å². The largest absolute Gasteiger partial charge is 0.393 e. The summed E-state index contributed by atoms with van der Waals surface area (Å²) in [5.74, 6) is 8.22. The van der Waals surface area contributed by atoms with Crippen LogP contribution in [-0.4, -0.2) is 11.2 Å². The van der Waals surface area contributed by atoms with E-state index in [1.807, 2.05) is 0 Å². The van der Waals surface area contributed by atoms with Gasteiger partial charge in [-0.1, -0.05) is 64.5 Å². The Hall–Kier alpha value is -0.740. The van der Waals surface area contributed by atoms with Gasteiger partial charge in [-0.3, -0.25) is 0 Å². The normalized spacial score (nSPS) is 45.0. The number of rotatable bonds is 5. The topological polar surface area (TPSA) is 20.2 Å². The van der Waals surface area contributed by atoms with E-state index < -0.39 is 0 Å². The number of aliphatic hydroxyl groups is 1. The fourth-order valence-corrected chi connectivity index (χ4v) is 8.58. The third-order valence-corrected chi connectivity index (χ3v) is 10.1. The summed E-state index contributed by atoms with van der Waals surface area (Å²) in [6.45, 7) is 9.91. The van der Waals surface area contributed by atoms with Crippen molar-refractivity contribution in [3.8, 4) is 12.3 Å². The van der Waals surface area contributed by atoms with Crippen LogP contribution in [0, 0.1) is 58.7 Å². The van der Waals surface area contributed by atoms with Crippen LogP contribution < -0.4 is 0 Å². The van der Waals surface area contributed by atoms with E-state index in [0.717, 1.165) is 48.9 Å². The zero-order valence-electron chi connectivity index (χ0n) is 19.4. The maximum atomic E-state index is 10.2. The van der Waals surface area contributed by atoms with Crippen LogP contribution in [-0.2, 0) is 0 Å². The van der Waals surface area contributed by atoms with Gasteiger partial charge in [0.1, 0.15) is 0 Å². The van der Waals surface area contributed by atoms with Crippen molar-refractivity contribution in [3.05, 3.63) is 11.6 Å². The van der Waals surface area contributed by atoms with Gasteiger partial charge in [-0.25, -0.2) is 0 Å². The molecule has 4 rings (SSSR count). The predicted octanol–water partition coefficient (Wildman–Crippen LogP) is 7.00. The zero-order valence-corrected chi connectivity index (χ0v) is 19.4. The summed E-state index contributed by atoms with van der Waals surface area (Å²) in [7, 11) is 0. The molecule has 0 spiro atoms. The van der Waals surface area contributed by atoms with Gasteiger partial charge in [0.15, 0.2) is 0 Å². The van der Waals surface area contributed by atoms with E-state index in [9.17, 15) is 5.11 Å². The van der Waals surface area contributed by atoms with Crippen molar-refractivity contribution >= 4 is 0 Å². The van der Waals surface area contributed by atoms with Gasteiger partial charge >= 0.3 is 0 Å². The summed E-state index contributed by atoms with van der Waals surface area (Å²) in [6.07, 6.45) is 22.2. The highest BCUT2D eigenvalue weighted by Crippen LogP contribution is 2.67. The van der Waals surface area contributed by atoms with Crippen LogP contribution in [0.1, 0.15) is 98.3 Å². The first kappa shape index (κ1) is 21.5. The molecule has 3 saturated carbocycles. The molecule has 0 saturated heterocycles. The van der Waals surface area contributed by atoms with Crippen molar-refractivity contribution in [2.75, 3.05) is 0 Å². The zero-order chi connectivity index (χ0) is 20.8. The van der Waals surface area contributed by atoms with E-state index in [0.29, 0.717) is 11.3 Å². The average Bonchev–Trinajstić information content (AvgIpc) is 3.04. The van der Waals surface area contributed by atoms with Gasteiger partial charge in [0, 0.05) is 0 Å². The molecule has 4 aliphatic carbocycles. The Kier molecular flexibility index (Phi) is 5.98. The number of aliphatic hydroxyl groups excluding tert-OH is 1. The summed E-state index contributed by atoms with van der Waals surface area (Å²) < 4.78 is 0. The molecule has 1 heteroatoms. The van der Waals surface area contributed by atoms with Crippen LogP contribution in [0.2, 0.25) is 0 Å². The van der Waals surface area contributed by atoms with Crippen molar-refractivity contribution in [2.45, 2.75) is 104 Å². The number of hydrogen-bond donors (Lipinski definition) is 1. The summed E-state index contributed by atoms with van der Waals surface area (Å²) in [5, 5.41) is 10.2. The molecule has 162 valence electrons. The molecular formula is C28H44O. The minimum absolute atomic E-state index is 0.0373. The van der Waals surface area contributed by atoms with E-state index in [1.165, 1.54) is 56.9 Å². The SMILES string of the molecule is C#C[C@]12CC[C@H](O)CC1=CC[C@H]1[C@@H]3CC[C@H]([C@H](C)CCCC(C)C)[C@@]3(C)CC[C@@H]12. The van der Waals surface area contributed by atoms with Crippen LogP contribution in [0.4, 0.5) is 0 Å². The lowest BCUT2D eigenvalue weighted by Crippen LogP contribution is -2.51. The molecule has 3 fully saturated rings. The Morgan fingerprint density at radius 2 is 1.90 bits per heavy atom. The molecule has 0 aromatic heterocycles. The predicted molar refractivity (Wildman–Crippen MR) is 122 cm³/mol. The summed E-state index contributed by atoms with van der Waals surface area (Å²) >= 11 is 0. The van der Waals surface area contributed by atoms with E-state index in [4.69, 9.17) is 6.42 Å². The molecule has 0 bridgehead atoms. The highest BCUT2D eigenvalue weighted by Gasteiger charge is 2.59. The van der Waals surface area contributed by atoms with Crippen molar-refractivity contribution in [1.29, 1.82) is 0 Å². The van der Waals surface area contributed by atoms with E-state index >= 15 is 0 Å². The average molecular weight is 397 g/mol. The molecule has 0 aromatic rings. The van der Waals surface area contributed by atoms with Crippen LogP contribution in [0.3, 0.4) is 0 Å². The number of hydrogen-bond acceptors (Lipinski definition) is 1. The minimum Gasteiger partial charge on any atom is -0.393 e. The summed E-state index contributed by atoms with van der Waals surface area (Å²) in [6, 6.07) is 0. The molecular weight excluding hydrogens is 352 g/mol. The molecule has 1 nitrogen and oxygen atoms in total. The van der Waals surface area contributed by atoms with Crippen molar-refractivity contribution in [3.63, 3.8) is 0 Å². The quantitative estimate of drug-likeness (QED) is 0.392. The Morgan fingerprint density at radius 1 is 1.10 bits per heavy atom. The first-order valence-electron chi connectivity index (χ1n) is 12.7. The third kappa shape index (κ3) is 3.52. The van der Waals surface area contributed by atoms with Gasteiger partial charge in [0.05, 0.1) is 11.5 Å². The Labute approximate surface area is 180 Å². The summed E-state index contributed by atoms with van der Waals surface area (Å²) in [5.41, 5.74) is 1.90. The second kappa shape index (κ2) is 8.07. The number of fused-ring (bicyclic) bond motifs is 5. The monoisotopic (exact) mass is 396 g/mol. The second-order valence-corrected chi connectivity index (χ2v) is 11.9. The van der Waals surface area contributed by atoms with Gasteiger partial charge in [-0.05, 0) is 92.3 Å². The van der Waals surface area contributed by atoms with Crippen molar-refractivity contribution < 1.29 is 5.11 Å². The molecule has 8 atom stereocenters. The fourth-order valence-electron chi connectivity index (χ4n) is 8.58. The maximum Gasteiger partial charge on any atom is 0.0578 e. The second-order valence-electron chi connectivity index (χ2n) is 11.9. The van der Waals surface area contributed by atoms with Crippen LogP contribution in [0.5, 0.6) is 0 Å². The molecule has 0 heterocycles. The molecule has 4 aliphatic rings. The Morgan fingerprint density at radius 3 is 2.62 bits per heavy atom. The van der Waals surface area contributed by atoms with Gasteiger partial charge in [0.25, 0.3) is 0 Å². The van der Waals surface area contributed by atoms with E-state index in [1.54, 1.807) is 0 Å². The van der Waals surface area contributed by atoms with Crippen LogP contribution in [0.15, 0.2) is 11.6 Å². The van der Waals surface area contributed by atoms with Gasteiger partial charge in [-0.15, -0.1) is 6.42 Å². The minimum atomic E-state index is -0.171.